The predicted octanol–water partition coefficient (Wildman–Crippen LogP) is 3.56. The van der Waals surface area contributed by atoms with Gasteiger partial charge in [-0.05, 0) is 30.7 Å². The van der Waals surface area contributed by atoms with Crippen LogP contribution in [-0.2, 0) is 11.2 Å². The van der Waals surface area contributed by atoms with Gasteiger partial charge in [-0.3, -0.25) is 4.90 Å². The largest absolute Gasteiger partial charge is 0.508 e. The van der Waals surface area contributed by atoms with Crippen LogP contribution in [0.3, 0.4) is 0 Å². The van der Waals surface area contributed by atoms with Gasteiger partial charge in [-0.1, -0.05) is 12.1 Å². The Balaban J connectivity index is 1.54. The van der Waals surface area contributed by atoms with Crippen molar-refractivity contribution in [2.75, 3.05) is 48.0 Å². The van der Waals surface area contributed by atoms with Crippen LogP contribution >= 0.6 is 0 Å². The number of nitrogens with zero attached hydrogens (tertiary/aromatic N) is 4. The van der Waals surface area contributed by atoms with Crippen LogP contribution < -0.4 is 15.1 Å². The molecular weight excluding hydrogens is 432 g/mol. The molecule has 33 heavy (non-hydrogen) atoms. The highest BCUT2D eigenvalue weighted by molar-refractivity contribution is 6.03. The number of carbonyl (C=O) groups is 1. The van der Waals surface area contributed by atoms with Gasteiger partial charge in [0.1, 0.15) is 23.2 Å². The van der Waals surface area contributed by atoms with Gasteiger partial charge < -0.3 is 20.1 Å². The number of fused-ring (bicyclic) bond motifs is 1. The number of halogens is 2. The number of urea groups is 1. The van der Waals surface area contributed by atoms with Crippen molar-refractivity contribution in [2.45, 2.75) is 6.42 Å². The number of phenolic OH excluding ortho intramolecular Hbond substituents is 1. The Morgan fingerprint density at radius 2 is 1.88 bits per heavy atom. The van der Waals surface area contributed by atoms with Crippen LogP contribution in [0.2, 0.25) is 0 Å². The molecule has 2 aliphatic heterocycles. The minimum Gasteiger partial charge on any atom is -0.508 e. The molecule has 8 nitrogen and oxygen atoms in total. The average Bonchev–Trinajstić information content (AvgIpc) is 3.25. The van der Waals surface area contributed by atoms with E-state index in [0.717, 1.165) is 11.6 Å². The van der Waals surface area contributed by atoms with Gasteiger partial charge in [0.05, 0.1) is 24.6 Å². The van der Waals surface area contributed by atoms with Crippen molar-refractivity contribution < 1.29 is 23.4 Å². The quantitative estimate of drug-likeness (QED) is 0.630. The standard InChI is InChI=1S/C23H21F2N5O3/c24-15-4-5-19(18(25)13-15)26-23(32)30-7-6-17-20(14-2-1-3-16(31)12-14)27-22(28-21(17)30)29-8-10-33-11-9-29/h1-5,12-13,31H,6-11H2,(H,26,32). The Labute approximate surface area is 188 Å². The summed E-state index contributed by atoms with van der Waals surface area (Å²) in [7, 11) is 0. The summed E-state index contributed by atoms with van der Waals surface area (Å²) in [4.78, 5) is 25.9. The molecule has 0 aliphatic carbocycles. The summed E-state index contributed by atoms with van der Waals surface area (Å²) in [6.07, 6.45) is 0.489. The number of carbonyl (C=O) groups excluding carboxylic acids is 1. The summed E-state index contributed by atoms with van der Waals surface area (Å²) < 4.78 is 32.7. The lowest BCUT2D eigenvalue weighted by Crippen LogP contribution is -2.38. The Morgan fingerprint density at radius 3 is 2.64 bits per heavy atom. The third kappa shape index (κ3) is 4.17. The molecule has 0 atom stereocenters. The van der Waals surface area contributed by atoms with E-state index in [1.807, 2.05) is 11.0 Å². The fraction of sp³-hybridized carbons (Fsp3) is 0.261. The zero-order valence-electron chi connectivity index (χ0n) is 17.6. The van der Waals surface area contributed by atoms with Gasteiger partial charge in [0, 0.05) is 36.8 Å². The first-order valence-electron chi connectivity index (χ1n) is 10.6. The van der Waals surface area contributed by atoms with Crippen molar-refractivity contribution in [1.82, 2.24) is 9.97 Å². The smallest absolute Gasteiger partial charge is 0.327 e. The lowest BCUT2D eigenvalue weighted by atomic mass is 10.1. The third-order valence-electron chi connectivity index (χ3n) is 5.65. The Hall–Kier alpha value is -3.79. The van der Waals surface area contributed by atoms with Crippen LogP contribution in [0.4, 0.5) is 31.0 Å². The first-order valence-corrected chi connectivity index (χ1v) is 10.6. The maximum Gasteiger partial charge on any atom is 0.327 e. The zero-order chi connectivity index (χ0) is 22.9. The van der Waals surface area contributed by atoms with Crippen molar-refractivity contribution >= 4 is 23.5 Å². The predicted molar refractivity (Wildman–Crippen MR) is 119 cm³/mol. The summed E-state index contributed by atoms with van der Waals surface area (Å²) in [6, 6.07) is 9.14. The molecule has 10 heteroatoms. The second-order valence-electron chi connectivity index (χ2n) is 7.78. The number of rotatable bonds is 3. The van der Waals surface area contributed by atoms with Crippen molar-refractivity contribution in [1.29, 1.82) is 0 Å². The van der Waals surface area contributed by atoms with E-state index in [-0.39, 0.29) is 11.4 Å². The van der Waals surface area contributed by atoms with Crippen LogP contribution in [0, 0.1) is 11.6 Å². The summed E-state index contributed by atoms with van der Waals surface area (Å²) in [5.41, 5.74) is 1.97. The monoisotopic (exact) mass is 453 g/mol. The fourth-order valence-electron chi connectivity index (χ4n) is 4.01. The van der Waals surface area contributed by atoms with E-state index in [1.54, 1.807) is 18.2 Å². The molecule has 0 radical (unpaired) electrons. The summed E-state index contributed by atoms with van der Waals surface area (Å²) >= 11 is 0. The molecule has 1 saturated heterocycles. The molecule has 2 N–H and O–H groups in total. The molecule has 0 saturated carbocycles. The first kappa shape index (κ1) is 21.1. The average molecular weight is 453 g/mol. The second kappa shape index (κ2) is 8.62. The van der Waals surface area contributed by atoms with Crippen molar-refractivity contribution in [3.05, 3.63) is 59.7 Å². The highest BCUT2D eigenvalue weighted by Crippen LogP contribution is 2.37. The number of aromatic hydroxyl groups is 1. The number of anilines is 3. The molecule has 2 amide bonds. The van der Waals surface area contributed by atoms with Gasteiger partial charge in [0.15, 0.2) is 0 Å². The molecule has 2 aliphatic rings. The number of aromatic nitrogens is 2. The number of benzene rings is 2. The number of phenols is 1. The zero-order valence-corrected chi connectivity index (χ0v) is 17.6. The van der Waals surface area contributed by atoms with Gasteiger partial charge >= 0.3 is 6.03 Å². The molecule has 1 aromatic heterocycles. The molecule has 0 bridgehead atoms. The number of morpholine rings is 1. The van der Waals surface area contributed by atoms with Crippen molar-refractivity contribution in [3.8, 4) is 17.0 Å². The van der Waals surface area contributed by atoms with E-state index < -0.39 is 17.7 Å². The lowest BCUT2D eigenvalue weighted by molar-refractivity contribution is 0.122. The Bertz CT molecular complexity index is 1220. The van der Waals surface area contributed by atoms with E-state index in [2.05, 4.69) is 10.3 Å². The maximum absolute atomic E-state index is 14.1. The van der Waals surface area contributed by atoms with Crippen molar-refractivity contribution in [3.63, 3.8) is 0 Å². The van der Waals surface area contributed by atoms with Crippen LogP contribution in [0.15, 0.2) is 42.5 Å². The molecule has 3 aromatic rings. The molecular formula is C23H21F2N5O3. The molecule has 0 spiro atoms. The Morgan fingerprint density at radius 1 is 1.06 bits per heavy atom. The lowest BCUT2D eigenvalue weighted by Gasteiger charge is -2.28. The number of hydrogen-bond donors (Lipinski definition) is 2. The number of ether oxygens (including phenoxy) is 1. The topological polar surface area (TPSA) is 90.8 Å². The van der Waals surface area contributed by atoms with Gasteiger partial charge in [-0.15, -0.1) is 0 Å². The molecule has 5 rings (SSSR count). The molecule has 2 aromatic carbocycles. The molecule has 3 heterocycles. The Kier molecular flexibility index (Phi) is 5.51. The van der Waals surface area contributed by atoms with E-state index in [1.165, 1.54) is 11.0 Å². The normalized spacial score (nSPS) is 15.5. The van der Waals surface area contributed by atoms with Gasteiger partial charge in [-0.25, -0.2) is 18.6 Å². The highest BCUT2D eigenvalue weighted by atomic mass is 19.1. The number of amides is 2. The highest BCUT2D eigenvalue weighted by Gasteiger charge is 2.32. The minimum atomic E-state index is -0.861. The van der Waals surface area contributed by atoms with Gasteiger partial charge in [0.25, 0.3) is 0 Å². The first-order chi connectivity index (χ1) is 16.0. The van der Waals surface area contributed by atoms with Crippen LogP contribution in [0.1, 0.15) is 5.56 Å². The van der Waals surface area contributed by atoms with Gasteiger partial charge in [0.2, 0.25) is 5.95 Å². The number of hydrogen-bond acceptors (Lipinski definition) is 6. The van der Waals surface area contributed by atoms with Crippen LogP contribution in [-0.4, -0.2) is 54.0 Å². The summed E-state index contributed by atoms with van der Waals surface area (Å²) in [5, 5.41) is 12.5. The minimum absolute atomic E-state index is 0.104. The van der Waals surface area contributed by atoms with E-state index in [9.17, 15) is 18.7 Å². The van der Waals surface area contributed by atoms with Gasteiger partial charge in [-0.2, -0.15) is 4.98 Å². The third-order valence-corrected chi connectivity index (χ3v) is 5.65. The molecule has 1 fully saturated rings. The molecule has 0 unspecified atom stereocenters. The molecule has 170 valence electrons. The van der Waals surface area contributed by atoms with Crippen LogP contribution in [0.5, 0.6) is 5.75 Å². The SMILES string of the molecule is O=C(Nc1ccc(F)cc1F)N1CCc2c(-c3cccc(O)c3)nc(N3CCOCC3)nc21. The second-order valence-corrected chi connectivity index (χ2v) is 7.78. The maximum atomic E-state index is 14.1. The van der Waals surface area contributed by atoms with Crippen LogP contribution in [0.25, 0.3) is 11.3 Å². The summed E-state index contributed by atoms with van der Waals surface area (Å²) in [6.45, 7) is 2.60. The van der Waals surface area contributed by atoms with E-state index in [0.29, 0.717) is 68.4 Å². The van der Waals surface area contributed by atoms with E-state index in [4.69, 9.17) is 9.72 Å². The van der Waals surface area contributed by atoms with E-state index >= 15 is 0 Å². The van der Waals surface area contributed by atoms with Crippen molar-refractivity contribution in [2.24, 2.45) is 0 Å². The number of nitrogens with one attached hydrogen (secondary N) is 1. The summed E-state index contributed by atoms with van der Waals surface area (Å²) in [5.74, 6) is -0.615. The fourth-order valence-corrected chi connectivity index (χ4v) is 4.01.